The first-order valence-corrected chi connectivity index (χ1v) is 7.75. The minimum Gasteiger partial charge on any atom is -0.388 e. The standard InChI is InChI=1S/C17H19N5O2/c1-3-17(2,24)11-20-16(23)13-10-21-22-14(6-8-19-15(13)22)12-5-4-7-18-9-12/h4-10,24H,3,11H2,1-2H3,(H,20,23)/t17-/m0/s1. The van der Waals surface area contributed by atoms with E-state index in [0.29, 0.717) is 17.6 Å². The van der Waals surface area contributed by atoms with Crippen molar-refractivity contribution in [1.29, 1.82) is 0 Å². The quantitative estimate of drug-likeness (QED) is 0.744. The third-order valence-corrected chi connectivity index (χ3v) is 3.99. The van der Waals surface area contributed by atoms with E-state index in [1.54, 1.807) is 30.0 Å². The van der Waals surface area contributed by atoms with E-state index in [0.717, 1.165) is 11.3 Å². The first-order chi connectivity index (χ1) is 11.5. The van der Waals surface area contributed by atoms with Gasteiger partial charge in [-0.05, 0) is 31.5 Å². The normalized spacial score (nSPS) is 13.6. The fraction of sp³-hybridized carbons (Fsp3) is 0.294. The number of pyridine rings is 1. The molecule has 3 rings (SSSR count). The maximum Gasteiger partial charge on any atom is 0.256 e. The molecule has 0 aromatic carbocycles. The second-order valence-corrected chi connectivity index (χ2v) is 5.90. The zero-order valence-corrected chi connectivity index (χ0v) is 13.6. The molecule has 3 heterocycles. The summed E-state index contributed by atoms with van der Waals surface area (Å²) in [5, 5.41) is 17.0. The van der Waals surface area contributed by atoms with Crippen molar-refractivity contribution in [3.05, 3.63) is 48.5 Å². The van der Waals surface area contributed by atoms with Gasteiger partial charge in [-0.3, -0.25) is 9.78 Å². The van der Waals surface area contributed by atoms with E-state index in [1.165, 1.54) is 6.20 Å². The lowest BCUT2D eigenvalue weighted by Gasteiger charge is -2.21. The molecule has 1 amide bonds. The minimum atomic E-state index is -0.938. The molecule has 2 N–H and O–H groups in total. The van der Waals surface area contributed by atoms with Crippen LogP contribution in [0.5, 0.6) is 0 Å². The molecule has 0 saturated heterocycles. The highest BCUT2D eigenvalue weighted by molar-refractivity contribution is 5.99. The van der Waals surface area contributed by atoms with Crippen molar-refractivity contribution >= 4 is 11.6 Å². The Kier molecular flexibility index (Phi) is 4.26. The molecular weight excluding hydrogens is 306 g/mol. The van der Waals surface area contributed by atoms with Gasteiger partial charge < -0.3 is 10.4 Å². The Morgan fingerprint density at radius 3 is 2.88 bits per heavy atom. The fourth-order valence-electron chi connectivity index (χ4n) is 2.28. The third kappa shape index (κ3) is 3.11. The van der Waals surface area contributed by atoms with E-state index in [4.69, 9.17) is 0 Å². The summed E-state index contributed by atoms with van der Waals surface area (Å²) in [6.07, 6.45) is 7.10. The first-order valence-electron chi connectivity index (χ1n) is 7.75. The Hall–Kier alpha value is -2.80. The van der Waals surface area contributed by atoms with Gasteiger partial charge in [-0.2, -0.15) is 5.10 Å². The molecule has 0 spiro atoms. The number of aromatic nitrogens is 4. The molecule has 3 aromatic heterocycles. The molecule has 0 unspecified atom stereocenters. The summed E-state index contributed by atoms with van der Waals surface area (Å²) in [6.45, 7) is 3.72. The van der Waals surface area contributed by atoms with Crippen LogP contribution in [-0.2, 0) is 0 Å². The maximum atomic E-state index is 12.4. The van der Waals surface area contributed by atoms with Gasteiger partial charge in [0.25, 0.3) is 5.91 Å². The summed E-state index contributed by atoms with van der Waals surface area (Å²) < 4.78 is 1.61. The van der Waals surface area contributed by atoms with Crippen molar-refractivity contribution in [2.45, 2.75) is 25.9 Å². The van der Waals surface area contributed by atoms with E-state index in [9.17, 15) is 9.90 Å². The number of rotatable bonds is 5. The van der Waals surface area contributed by atoms with Gasteiger partial charge in [-0.1, -0.05) is 6.92 Å². The zero-order chi connectivity index (χ0) is 17.2. The Balaban J connectivity index is 1.93. The van der Waals surface area contributed by atoms with Crippen LogP contribution in [0.25, 0.3) is 16.9 Å². The monoisotopic (exact) mass is 325 g/mol. The molecule has 0 bridgehead atoms. The second-order valence-electron chi connectivity index (χ2n) is 5.90. The van der Waals surface area contributed by atoms with Crippen LogP contribution in [-0.4, -0.2) is 42.7 Å². The SMILES string of the molecule is CC[C@](C)(O)CNC(=O)c1cnn2c(-c3cccnc3)ccnc12. The number of nitrogens with zero attached hydrogens (tertiary/aromatic N) is 4. The maximum absolute atomic E-state index is 12.4. The van der Waals surface area contributed by atoms with E-state index >= 15 is 0 Å². The molecule has 0 aliphatic rings. The summed E-state index contributed by atoms with van der Waals surface area (Å²) in [5.74, 6) is -0.311. The lowest BCUT2D eigenvalue weighted by atomic mass is 10.0. The average molecular weight is 325 g/mol. The van der Waals surface area contributed by atoms with E-state index in [2.05, 4.69) is 20.4 Å². The highest BCUT2D eigenvalue weighted by atomic mass is 16.3. The summed E-state index contributed by atoms with van der Waals surface area (Å²) >= 11 is 0. The van der Waals surface area contributed by atoms with Crippen molar-refractivity contribution in [2.24, 2.45) is 0 Å². The van der Waals surface area contributed by atoms with Gasteiger partial charge in [-0.15, -0.1) is 0 Å². The van der Waals surface area contributed by atoms with Crippen molar-refractivity contribution in [3.8, 4) is 11.3 Å². The smallest absolute Gasteiger partial charge is 0.256 e. The fourth-order valence-corrected chi connectivity index (χ4v) is 2.28. The van der Waals surface area contributed by atoms with Crippen molar-refractivity contribution < 1.29 is 9.90 Å². The van der Waals surface area contributed by atoms with Gasteiger partial charge in [0, 0.05) is 30.7 Å². The van der Waals surface area contributed by atoms with Crippen LogP contribution in [0, 0.1) is 0 Å². The van der Waals surface area contributed by atoms with Crippen LogP contribution in [0.4, 0.5) is 0 Å². The number of carbonyl (C=O) groups is 1. The predicted octanol–water partition coefficient (Wildman–Crippen LogP) is 1.68. The molecule has 7 heteroatoms. The van der Waals surface area contributed by atoms with E-state index in [-0.39, 0.29) is 12.5 Å². The third-order valence-electron chi connectivity index (χ3n) is 3.99. The molecule has 0 fully saturated rings. The van der Waals surface area contributed by atoms with Crippen LogP contribution < -0.4 is 5.32 Å². The lowest BCUT2D eigenvalue weighted by molar-refractivity contribution is 0.0518. The van der Waals surface area contributed by atoms with Crippen molar-refractivity contribution in [1.82, 2.24) is 24.9 Å². The summed E-state index contributed by atoms with van der Waals surface area (Å²) in [5.41, 5.74) is 1.58. The minimum absolute atomic E-state index is 0.169. The average Bonchev–Trinajstić information content (AvgIpc) is 3.04. The molecule has 1 atom stereocenters. The first kappa shape index (κ1) is 16.1. The van der Waals surface area contributed by atoms with Gasteiger partial charge in [-0.25, -0.2) is 9.50 Å². The summed E-state index contributed by atoms with van der Waals surface area (Å²) in [4.78, 5) is 20.8. The van der Waals surface area contributed by atoms with Gasteiger partial charge in [0.1, 0.15) is 5.56 Å². The van der Waals surface area contributed by atoms with E-state index < -0.39 is 5.60 Å². The molecule has 0 radical (unpaired) electrons. The Morgan fingerprint density at radius 1 is 1.33 bits per heavy atom. The van der Waals surface area contributed by atoms with Gasteiger partial charge in [0.2, 0.25) is 0 Å². The van der Waals surface area contributed by atoms with E-state index in [1.807, 2.05) is 25.1 Å². The lowest BCUT2D eigenvalue weighted by Crippen LogP contribution is -2.40. The number of carbonyl (C=O) groups excluding carboxylic acids is 1. The Labute approximate surface area is 139 Å². The number of amides is 1. The van der Waals surface area contributed by atoms with Crippen molar-refractivity contribution in [3.63, 3.8) is 0 Å². The molecular formula is C17H19N5O2. The number of fused-ring (bicyclic) bond motifs is 1. The largest absolute Gasteiger partial charge is 0.388 e. The zero-order valence-electron chi connectivity index (χ0n) is 13.6. The molecule has 24 heavy (non-hydrogen) atoms. The Bertz CT molecular complexity index is 858. The van der Waals surface area contributed by atoms with Crippen LogP contribution in [0.3, 0.4) is 0 Å². The predicted molar refractivity (Wildman–Crippen MR) is 89.5 cm³/mol. The van der Waals surface area contributed by atoms with Gasteiger partial charge in [0.15, 0.2) is 5.65 Å². The topological polar surface area (TPSA) is 92.4 Å². The molecule has 0 saturated carbocycles. The summed E-state index contributed by atoms with van der Waals surface area (Å²) in [6, 6.07) is 5.58. The number of nitrogens with one attached hydrogen (secondary N) is 1. The van der Waals surface area contributed by atoms with Gasteiger partial charge in [0.05, 0.1) is 17.5 Å². The van der Waals surface area contributed by atoms with Crippen molar-refractivity contribution in [2.75, 3.05) is 6.54 Å². The highest BCUT2D eigenvalue weighted by Crippen LogP contribution is 2.20. The number of hydrogen-bond acceptors (Lipinski definition) is 5. The molecule has 0 aliphatic carbocycles. The highest BCUT2D eigenvalue weighted by Gasteiger charge is 2.21. The second kappa shape index (κ2) is 6.37. The molecule has 0 aliphatic heterocycles. The van der Waals surface area contributed by atoms with Crippen LogP contribution in [0.15, 0.2) is 43.0 Å². The number of hydrogen-bond donors (Lipinski definition) is 2. The molecule has 3 aromatic rings. The van der Waals surface area contributed by atoms with Crippen LogP contribution in [0.2, 0.25) is 0 Å². The molecule has 7 nitrogen and oxygen atoms in total. The summed E-state index contributed by atoms with van der Waals surface area (Å²) in [7, 11) is 0. The van der Waals surface area contributed by atoms with Crippen LogP contribution in [0.1, 0.15) is 30.6 Å². The van der Waals surface area contributed by atoms with Crippen LogP contribution >= 0.6 is 0 Å². The molecule has 124 valence electrons. The number of aliphatic hydroxyl groups is 1. The van der Waals surface area contributed by atoms with Gasteiger partial charge >= 0.3 is 0 Å². The Morgan fingerprint density at radius 2 is 2.17 bits per heavy atom.